The minimum absolute atomic E-state index is 0.0157. The van der Waals surface area contributed by atoms with Crippen molar-refractivity contribution in [3.8, 4) is 11.1 Å². The third-order valence-electron chi connectivity index (χ3n) is 7.59. The van der Waals surface area contributed by atoms with Gasteiger partial charge in [0.1, 0.15) is 18.2 Å². The van der Waals surface area contributed by atoms with Crippen LogP contribution in [-0.2, 0) is 20.7 Å². The molecule has 212 valence electrons. The van der Waals surface area contributed by atoms with Crippen LogP contribution in [0.25, 0.3) is 22.0 Å². The highest BCUT2D eigenvalue weighted by Gasteiger charge is 2.34. The number of aliphatic carboxylic acids is 1. The standard InChI is InChI=1S/C33H34N2O6/c1-20-26(25-16-10-11-17-28(25)35(20)32(39)41-33(2,3)4)18-29(30(36)37)34(5)31(38)40-19-27-23-14-8-6-12-21(23)22-13-7-9-15-24(22)27/h6-17,27,29H,18-19H2,1-5H3,(H,36,37). The number of hydrogen-bond donors (Lipinski definition) is 1. The second-order valence-electron chi connectivity index (χ2n) is 11.4. The van der Waals surface area contributed by atoms with Crippen LogP contribution in [-0.4, -0.2) is 58.0 Å². The molecule has 5 rings (SSSR count). The quantitative estimate of drug-likeness (QED) is 0.288. The molecule has 0 saturated heterocycles. The molecule has 8 nitrogen and oxygen atoms in total. The summed E-state index contributed by atoms with van der Waals surface area (Å²) in [5.74, 6) is -1.31. The Morgan fingerprint density at radius 3 is 2.07 bits per heavy atom. The Hall–Kier alpha value is -4.59. The molecular formula is C33H34N2O6. The summed E-state index contributed by atoms with van der Waals surface area (Å²) in [5, 5.41) is 10.9. The third-order valence-corrected chi connectivity index (χ3v) is 7.59. The van der Waals surface area contributed by atoms with E-state index in [9.17, 15) is 19.5 Å². The van der Waals surface area contributed by atoms with E-state index in [4.69, 9.17) is 9.47 Å². The molecule has 1 aliphatic carbocycles. The number of rotatable bonds is 6. The van der Waals surface area contributed by atoms with Gasteiger partial charge < -0.3 is 14.6 Å². The van der Waals surface area contributed by atoms with Crippen LogP contribution in [0.5, 0.6) is 0 Å². The number of ether oxygens (including phenoxy) is 2. The van der Waals surface area contributed by atoms with Crippen molar-refractivity contribution in [2.45, 2.75) is 51.7 Å². The van der Waals surface area contributed by atoms with E-state index in [1.165, 1.54) is 11.6 Å². The van der Waals surface area contributed by atoms with Crippen molar-refractivity contribution in [3.05, 3.63) is 95.2 Å². The van der Waals surface area contributed by atoms with Gasteiger partial charge in [-0.15, -0.1) is 0 Å². The molecule has 1 unspecified atom stereocenters. The van der Waals surface area contributed by atoms with Gasteiger partial charge in [0, 0.05) is 30.5 Å². The molecule has 4 aromatic rings. The van der Waals surface area contributed by atoms with Crippen molar-refractivity contribution in [1.29, 1.82) is 0 Å². The van der Waals surface area contributed by atoms with Crippen LogP contribution >= 0.6 is 0 Å². The summed E-state index contributed by atoms with van der Waals surface area (Å²) in [4.78, 5) is 39.9. The molecule has 0 radical (unpaired) electrons. The highest BCUT2D eigenvalue weighted by Crippen LogP contribution is 2.44. The van der Waals surface area contributed by atoms with Crippen LogP contribution in [0.4, 0.5) is 9.59 Å². The van der Waals surface area contributed by atoms with E-state index in [1.54, 1.807) is 33.8 Å². The highest BCUT2D eigenvalue weighted by molar-refractivity contribution is 5.94. The maximum atomic E-state index is 13.2. The van der Waals surface area contributed by atoms with Gasteiger partial charge in [-0.05, 0) is 61.6 Å². The fraction of sp³-hybridized carbons (Fsp3) is 0.303. The molecule has 0 aliphatic heterocycles. The van der Waals surface area contributed by atoms with E-state index in [0.717, 1.165) is 32.5 Å². The number of carboxylic acid groups (broad SMARTS) is 1. The van der Waals surface area contributed by atoms with Crippen molar-refractivity contribution in [3.63, 3.8) is 0 Å². The first-order chi connectivity index (χ1) is 19.5. The zero-order valence-corrected chi connectivity index (χ0v) is 23.9. The van der Waals surface area contributed by atoms with Gasteiger partial charge in [-0.25, -0.2) is 19.0 Å². The molecule has 0 saturated carbocycles. The van der Waals surface area contributed by atoms with Crippen LogP contribution in [0.1, 0.15) is 49.1 Å². The Balaban J connectivity index is 1.38. The van der Waals surface area contributed by atoms with Crippen molar-refractivity contribution in [2.75, 3.05) is 13.7 Å². The molecule has 0 bridgehead atoms. The third kappa shape index (κ3) is 5.29. The average Bonchev–Trinajstić information content (AvgIpc) is 3.40. The molecule has 0 spiro atoms. The lowest BCUT2D eigenvalue weighted by atomic mass is 9.98. The normalized spacial score (nSPS) is 13.4. The predicted molar refractivity (Wildman–Crippen MR) is 156 cm³/mol. The van der Waals surface area contributed by atoms with Gasteiger partial charge in [-0.2, -0.15) is 0 Å². The van der Waals surface area contributed by atoms with Gasteiger partial charge in [0.05, 0.1) is 5.52 Å². The van der Waals surface area contributed by atoms with E-state index in [1.807, 2.05) is 54.6 Å². The Morgan fingerprint density at radius 1 is 0.927 bits per heavy atom. The summed E-state index contributed by atoms with van der Waals surface area (Å²) in [5.41, 5.74) is 5.49. The fourth-order valence-corrected chi connectivity index (χ4v) is 5.64. The number of amides is 1. The lowest BCUT2D eigenvalue weighted by molar-refractivity contribution is -0.142. The number of carboxylic acids is 1. The van der Waals surface area contributed by atoms with E-state index in [0.29, 0.717) is 16.8 Å². The van der Waals surface area contributed by atoms with E-state index in [2.05, 4.69) is 12.1 Å². The van der Waals surface area contributed by atoms with Crippen LogP contribution in [0.15, 0.2) is 72.8 Å². The largest absolute Gasteiger partial charge is 0.480 e. The Morgan fingerprint density at radius 2 is 1.49 bits per heavy atom. The van der Waals surface area contributed by atoms with Gasteiger partial charge in [0.25, 0.3) is 0 Å². The number of nitrogens with zero attached hydrogens (tertiary/aromatic N) is 2. The number of para-hydroxylation sites is 1. The van der Waals surface area contributed by atoms with Crippen LogP contribution in [0.3, 0.4) is 0 Å². The van der Waals surface area contributed by atoms with E-state index >= 15 is 0 Å². The van der Waals surface area contributed by atoms with Gasteiger partial charge in [-0.3, -0.25) is 4.90 Å². The zero-order valence-electron chi connectivity index (χ0n) is 23.9. The molecule has 3 aromatic carbocycles. The molecule has 1 heterocycles. The molecular weight excluding hydrogens is 520 g/mol. The minimum Gasteiger partial charge on any atom is -0.480 e. The SMILES string of the molecule is Cc1c(CC(C(=O)O)N(C)C(=O)OCC2c3ccccc3-c3ccccc32)c2ccccc2n1C(=O)OC(C)(C)C. The number of benzene rings is 3. The molecule has 1 amide bonds. The van der Waals surface area contributed by atoms with E-state index < -0.39 is 29.8 Å². The van der Waals surface area contributed by atoms with Crippen molar-refractivity contribution in [2.24, 2.45) is 0 Å². The van der Waals surface area contributed by atoms with Crippen LogP contribution in [0, 0.1) is 6.92 Å². The molecule has 1 N–H and O–H groups in total. The van der Waals surface area contributed by atoms with Gasteiger partial charge in [0.2, 0.25) is 0 Å². The highest BCUT2D eigenvalue weighted by atomic mass is 16.6. The Kier molecular flexibility index (Phi) is 7.34. The first-order valence-electron chi connectivity index (χ1n) is 13.6. The number of carbonyl (C=O) groups is 3. The summed E-state index contributed by atoms with van der Waals surface area (Å²) in [6.07, 6.45) is -1.29. The zero-order chi connectivity index (χ0) is 29.5. The maximum absolute atomic E-state index is 13.2. The van der Waals surface area contributed by atoms with Crippen LogP contribution < -0.4 is 0 Å². The molecule has 0 fully saturated rings. The lowest BCUT2D eigenvalue weighted by Crippen LogP contribution is -2.44. The van der Waals surface area contributed by atoms with Crippen molar-refractivity contribution < 1.29 is 29.0 Å². The first-order valence-corrected chi connectivity index (χ1v) is 13.6. The number of likely N-dealkylation sites (N-methyl/N-ethyl adjacent to an activating group) is 1. The molecule has 41 heavy (non-hydrogen) atoms. The summed E-state index contributed by atoms with van der Waals surface area (Å²) in [6.45, 7) is 7.20. The number of hydrogen-bond acceptors (Lipinski definition) is 5. The second kappa shape index (κ2) is 10.8. The summed E-state index contributed by atoms with van der Waals surface area (Å²) >= 11 is 0. The predicted octanol–water partition coefficient (Wildman–Crippen LogP) is 6.61. The minimum atomic E-state index is -1.22. The smallest absolute Gasteiger partial charge is 0.419 e. The van der Waals surface area contributed by atoms with Gasteiger partial charge in [0.15, 0.2) is 0 Å². The second-order valence-corrected chi connectivity index (χ2v) is 11.4. The lowest BCUT2D eigenvalue weighted by Gasteiger charge is -2.25. The fourth-order valence-electron chi connectivity index (χ4n) is 5.64. The molecule has 8 heteroatoms. The first kappa shape index (κ1) is 28.0. The van der Waals surface area contributed by atoms with Gasteiger partial charge >= 0.3 is 18.2 Å². The summed E-state index contributed by atoms with van der Waals surface area (Å²) in [7, 11) is 1.43. The summed E-state index contributed by atoms with van der Waals surface area (Å²) < 4.78 is 12.8. The average molecular weight is 555 g/mol. The molecule has 1 aliphatic rings. The number of fused-ring (bicyclic) bond motifs is 4. The Labute approximate surface area is 239 Å². The van der Waals surface area contributed by atoms with Crippen molar-refractivity contribution in [1.82, 2.24) is 9.47 Å². The maximum Gasteiger partial charge on any atom is 0.419 e. The Bertz CT molecular complexity index is 1600. The van der Waals surface area contributed by atoms with Crippen molar-refractivity contribution >= 4 is 29.1 Å². The number of aromatic nitrogens is 1. The molecule has 1 atom stereocenters. The van der Waals surface area contributed by atoms with E-state index in [-0.39, 0.29) is 18.9 Å². The summed E-state index contributed by atoms with van der Waals surface area (Å²) in [6, 6.07) is 22.1. The van der Waals surface area contributed by atoms with Crippen LogP contribution in [0.2, 0.25) is 0 Å². The molecule has 1 aromatic heterocycles. The topological polar surface area (TPSA) is 98.1 Å². The number of carbonyl (C=O) groups excluding carboxylic acids is 2. The monoisotopic (exact) mass is 554 g/mol. The van der Waals surface area contributed by atoms with Gasteiger partial charge in [-0.1, -0.05) is 66.7 Å².